The Morgan fingerprint density at radius 2 is 2.00 bits per heavy atom. The number of aliphatic hydroxyl groups excluding tert-OH is 1. The summed E-state index contributed by atoms with van der Waals surface area (Å²) in [7, 11) is 0. The van der Waals surface area contributed by atoms with Gasteiger partial charge < -0.3 is 9.52 Å². The number of aromatic nitrogens is 1. The van der Waals surface area contributed by atoms with Crippen molar-refractivity contribution in [2.45, 2.75) is 26.2 Å². The van der Waals surface area contributed by atoms with Crippen molar-refractivity contribution in [2.24, 2.45) is 0 Å². The predicted molar refractivity (Wildman–Crippen MR) is 66.0 cm³/mol. The largest absolute Gasteiger partial charge is 0.445 e. The first-order valence-electron chi connectivity index (χ1n) is 5.80. The van der Waals surface area contributed by atoms with E-state index in [9.17, 15) is 0 Å². The minimum Gasteiger partial charge on any atom is -0.445 e. The Morgan fingerprint density at radius 1 is 1.29 bits per heavy atom. The maximum absolute atomic E-state index is 9.03. The van der Waals surface area contributed by atoms with Crippen LogP contribution in [0, 0.1) is 6.92 Å². The molecule has 0 aliphatic rings. The number of oxazole rings is 1. The molecule has 0 aliphatic carbocycles. The first-order valence-corrected chi connectivity index (χ1v) is 5.80. The fourth-order valence-corrected chi connectivity index (χ4v) is 1.60. The summed E-state index contributed by atoms with van der Waals surface area (Å²) in [5, 5.41) is 9.03. The molecule has 0 bridgehead atoms. The van der Waals surface area contributed by atoms with Gasteiger partial charge in [-0.25, -0.2) is 4.98 Å². The molecule has 1 unspecified atom stereocenters. The van der Waals surface area contributed by atoms with E-state index in [0.29, 0.717) is 12.3 Å². The summed E-state index contributed by atoms with van der Waals surface area (Å²) in [4.78, 5) is 4.23. The summed E-state index contributed by atoms with van der Waals surface area (Å²) < 4.78 is 5.60. The van der Waals surface area contributed by atoms with Crippen molar-refractivity contribution in [3.8, 4) is 0 Å². The Labute approximate surface area is 101 Å². The highest BCUT2D eigenvalue weighted by atomic mass is 16.4. The molecular weight excluding hydrogens is 214 g/mol. The van der Waals surface area contributed by atoms with Crippen molar-refractivity contribution in [3.63, 3.8) is 0 Å². The second kappa shape index (κ2) is 5.15. The third kappa shape index (κ3) is 2.94. The molecule has 1 aromatic heterocycles. The van der Waals surface area contributed by atoms with Gasteiger partial charge in [0, 0.05) is 12.3 Å². The Bertz CT molecular complexity index is 473. The van der Waals surface area contributed by atoms with Gasteiger partial charge in [-0.1, -0.05) is 36.8 Å². The van der Waals surface area contributed by atoms with E-state index in [-0.39, 0.29) is 12.5 Å². The Hall–Kier alpha value is -1.61. The lowest BCUT2D eigenvalue weighted by Gasteiger charge is -2.02. The summed E-state index contributed by atoms with van der Waals surface area (Å²) in [6.45, 7) is 4.06. The quantitative estimate of drug-likeness (QED) is 0.880. The van der Waals surface area contributed by atoms with Gasteiger partial charge >= 0.3 is 0 Å². The van der Waals surface area contributed by atoms with Crippen molar-refractivity contribution in [3.05, 3.63) is 53.2 Å². The molecule has 0 fully saturated rings. The summed E-state index contributed by atoms with van der Waals surface area (Å²) in [6, 6.07) is 8.31. The van der Waals surface area contributed by atoms with Crippen LogP contribution in [0.5, 0.6) is 0 Å². The van der Waals surface area contributed by atoms with Crippen LogP contribution in [-0.2, 0) is 6.42 Å². The summed E-state index contributed by atoms with van der Waals surface area (Å²) in [5.74, 6) is 1.45. The molecule has 1 heterocycles. The third-order valence-corrected chi connectivity index (χ3v) is 2.81. The SMILES string of the molecule is Cc1ccc(Cc2ncc(C(C)CO)o2)cc1. The highest BCUT2D eigenvalue weighted by Crippen LogP contribution is 2.17. The molecule has 0 saturated carbocycles. The number of hydrogen-bond acceptors (Lipinski definition) is 3. The van der Waals surface area contributed by atoms with E-state index in [1.165, 1.54) is 11.1 Å². The Balaban J connectivity index is 2.08. The maximum atomic E-state index is 9.03. The number of hydrogen-bond donors (Lipinski definition) is 1. The number of aryl methyl sites for hydroxylation is 1. The molecule has 0 spiro atoms. The van der Waals surface area contributed by atoms with Gasteiger partial charge in [0.2, 0.25) is 0 Å². The van der Waals surface area contributed by atoms with Crippen LogP contribution in [0.3, 0.4) is 0 Å². The number of aliphatic hydroxyl groups is 1. The topological polar surface area (TPSA) is 46.3 Å². The van der Waals surface area contributed by atoms with Gasteiger partial charge in [0.15, 0.2) is 5.89 Å². The molecule has 1 aromatic carbocycles. The van der Waals surface area contributed by atoms with Crippen molar-refractivity contribution in [1.82, 2.24) is 4.98 Å². The fraction of sp³-hybridized carbons (Fsp3) is 0.357. The average molecular weight is 231 g/mol. The highest BCUT2D eigenvalue weighted by Gasteiger charge is 2.10. The van der Waals surface area contributed by atoms with E-state index in [1.807, 2.05) is 6.92 Å². The zero-order valence-electron chi connectivity index (χ0n) is 10.2. The molecule has 1 atom stereocenters. The standard InChI is InChI=1S/C14H17NO2/c1-10-3-5-12(6-4-10)7-14-15-8-13(17-14)11(2)9-16/h3-6,8,11,16H,7,9H2,1-2H3. The molecule has 1 N–H and O–H groups in total. The molecule has 0 saturated heterocycles. The van der Waals surface area contributed by atoms with Crippen LogP contribution in [0.1, 0.15) is 35.6 Å². The van der Waals surface area contributed by atoms with Crippen LogP contribution in [-0.4, -0.2) is 16.7 Å². The van der Waals surface area contributed by atoms with Crippen LogP contribution >= 0.6 is 0 Å². The van der Waals surface area contributed by atoms with E-state index in [1.54, 1.807) is 6.20 Å². The van der Waals surface area contributed by atoms with Gasteiger partial charge in [-0.3, -0.25) is 0 Å². The van der Waals surface area contributed by atoms with Gasteiger partial charge in [0.05, 0.1) is 12.8 Å². The van der Waals surface area contributed by atoms with Crippen molar-refractivity contribution >= 4 is 0 Å². The van der Waals surface area contributed by atoms with Crippen LogP contribution < -0.4 is 0 Å². The van der Waals surface area contributed by atoms with Crippen LogP contribution in [0.2, 0.25) is 0 Å². The van der Waals surface area contributed by atoms with Crippen molar-refractivity contribution < 1.29 is 9.52 Å². The molecular formula is C14H17NO2. The number of benzene rings is 1. The summed E-state index contributed by atoms with van der Waals surface area (Å²) in [6.07, 6.45) is 2.39. The zero-order valence-corrected chi connectivity index (χ0v) is 10.2. The van der Waals surface area contributed by atoms with Crippen molar-refractivity contribution in [2.75, 3.05) is 6.61 Å². The predicted octanol–water partition coefficient (Wildman–Crippen LogP) is 2.67. The molecule has 0 aliphatic heterocycles. The molecule has 0 radical (unpaired) electrons. The fourth-order valence-electron chi connectivity index (χ4n) is 1.60. The monoisotopic (exact) mass is 231 g/mol. The number of nitrogens with zero attached hydrogens (tertiary/aromatic N) is 1. The van der Waals surface area contributed by atoms with E-state index in [4.69, 9.17) is 9.52 Å². The molecule has 0 amide bonds. The Morgan fingerprint density at radius 3 is 2.65 bits per heavy atom. The smallest absolute Gasteiger partial charge is 0.198 e. The molecule has 17 heavy (non-hydrogen) atoms. The van der Waals surface area contributed by atoms with Gasteiger partial charge in [-0.15, -0.1) is 0 Å². The minimum absolute atomic E-state index is 0.00858. The van der Waals surface area contributed by atoms with Crippen LogP contribution in [0.4, 0.5) is 0 Å². The molecule has 3 heteroatoms. The Kier molecular flexibility index (Phi) is 3.59. The minimum atomic E-state index is 0.00858. The van der Waals surface area contributed by atoms with Crippen molar-refractivity contribution in [1.29, 1.82) is 0 Å². The third-order valence-electron chi connectivity index (χ3n) is 2.81. The van der Waals surface area contributed by atoms with E-state index < -0.39 is 0 Å². The molecule has 90 valence electrons. The lowest BCUT2D eigenvalue weighted by Crippen LogP contribution is -1.96. The number of rotatable bonds is 4. The first kappa shape index (κ1) is 11.9. The normalized spacial score (nSPS) is 12.6. The molecule has 2 aromatic rings. The van der Waals surface area contributed by atoms with Gasteiger partial charge in [-0.05, 0) is 12.5 Å². The van der Waals surface area contributed by atoms with E-state index in [0.717, 1.165) is 5.76 Å². The summed E-state index contributed by atoms with van der Waals surface area (Å²) in [5.41, 5.74) is 2.43. The average Bonchev–Trinajstić information content (AvgIpc) is 2.80. The van der Waals surface area contributed by atoms with Crippen LogP contribution in [0.15, 0.2) is 34.9 Å². The molecule has 3 nitrogen and oxygen atoms in total. The maximum Gasteiger partial charge on any atom is 0.198 e. The van der Waals surface area contributed by atoms with E-state index in [2.05, 4.69) is 36.2 Å². The molecule has 2 rings (SSSR count). The lowest BCUT2D eigenvalue weighted by molar-refractivity contribution is 0.255. The highest BCUT2D eigenvalue weighted by molar-refractivity contribution is 5.23. The van der Waals surface area contributed by atoms with E-state index >= 15 is 0 Å². The second-order valence-corrected chi connectivity index (χ2v) is 4.40. The van der Waals surface area contributed by atoms with Gasteiger partial charge in [0.1, 0.15) is 5.76 Å². The zero-order chi connectivity index (χ0) is 12.3. The lowest BCUT2D eigenvalue weighted by atomic mass is 10.1. The van der Waals surface area contributed by atoms with Crippen LogP contribution in [0.25, 0.3) is 0 Å². The first-order chi connectivity index (χ1) is 8.19. The second-order valence-electron chi connectivity index (χ2n) is 4.40. The summed E-state index contributed by atoms with van der Waals surface area (Å²) >= 11 is 0. The van der Waals surface area contributed by atoms with Gasteiger partial charge in [0.25, 0.3) is 0 Å². The van der Waals surface area contributed by atoms with Gasteiger partial charge in [-0.2, -0.15) is 0 Å².